The average Bonchev–Trinajstić information content (AvgIpc) is 2.74. The van der Waals surface area contributed by atoms with E-state index in [4.69, 9.17) is 16.3 Å². The van der Waals surface area contributed by atoms with Gasteiger partial charge in [-0.3, -0.25) is 9.59 Å². The lowest BCUT2D eigenvalue weighted by Crippen LogP contribution is -2.49. The van der Waals surface area contributed by atoms with Gasteiger partial charge >= 0.3 is 0 Å². The zero-order chi connectivity index (χ0) is 21.9. The first kappa shape index (κ1) is 23.7. The normalized spacial score (nSPS) is 11.6. The maximum absolute atomic E-state index is 13.1. The summed E-state index contributed by atoms with van der Waals surface area (Å²) in [5, 5.41) is 3.50. The minimum absolute atomic E-state index is 0.0478. The van der Waals surface area contributed by atoms with E-state index in [2.05, 4.69) is 5.32 Å². The molecule has 6 heteroatoms. The molecule has 0 aliphatic carbocycles. The van der Waals surface area contributed by atoms with Crippen LogP contribution in [-0.2, 0) is 16.1 Å². The van der Waals surface area contributed by atoms with E-state index in [0.29, 0.717) is 44.0 Å². The molecule has 0 unspecified atom stereocenters. The molecule has 1 N–H and O–H groups in total. The van der Waals surface area contributed by atoms with Crippen LogP contribution in [0, 0.1) is 6.92 Å². The van der Waals surface area contributed by atoms with Gasteiger partial charge in [0.25, 0.3) is 0 Å². The highest BCUT2D eigenvalue weighted by atomic mass is 35.5. The van der Waals surface area contributed by atoms with E-state index in [0.717, 1.165) is 16.9 Å². The number of hydrogen-bond acceptors (Lipinski definition) is 3. The molecule has 0 aliphatic heterocycles. The lowest BCUT2D eigenvalue weighted by Gasteiger charge is -2.30. The van der Waals surface area contributed by atoms with E-state index >= 15 is 0 Å². The molecule has 0 saturated carbocycles. The highest BCUT2D eigenvalue weighted by Crippen LogP contribution is 2.17. The minimum Gasteiger partial charge on any atom is -0.494 e. The first-order valence-electron chi connectivity index (χ1n) is 10.5. The highest BCUT2D eigenvalue weighted by molar-refractivity contribution is 6.30. The van der Waals surface area contributed by atoms with Gasteiger partial charge in [-0.05, 0) is 56.5 Å². The van der Waals surface area contributed by atoms with Crippen LogP contribution in [0.25, 0.3) is 0 Å². The van der Waals surface area contributed by atoms with E-state index in [1.807, 2.05) is 45.0 Å². The van der Waals surface area contributed by atoms with Crippen LogP contribution >= 0.6 is 11.6 Å². The van der Waals surface area contributed by atoms with Crippen LogP contribution < -0.4 is 10.1 Å². The van der Waals surface area contributed by atoms with Gasteiger partial charge in [-0.15, -0.1) is 0 Å². The SMILES string of the molecule is CCNC(=O)[C@@H](CC)N(Cc1ccc(C)cc1)C(=O)CCCOc1ccc(Cl)cc1. The van der Waals surface area contributed by atoms with E-state index in [1.165, 1.54) is 0 Å². The van der Waals surface area contributed by atoms with Gasteiger partial charge in [0.1, 0.15) is 11.8 Å². The first-order chi connectivity index (χ1) is 14.4. The van der Waals surface area contributed by atoms with Gasteiger partial charge < -0.3 is 15.0 Å². The molecule has 2 aromatic carbocycles. The molecular formula is C24H31ClN2O3. The monoisotopic (exact) mass is 430 g/mol. The van der Waals surface area contributed by atoms with Crippen LogP contribution in [0.5, 0.6) is 5.75 Å². The Morgan fingerprint density at radius 1 is 1.07 bits per heavy atom. The number of nitrogens with zero attached hydrogens (tertiary/aromatic N) is 1. The Labute approximate surface area is 184 Å². The zero-order valence-electron chi connectivity index (χ0n) is 18.0. The second-order valence-electron chi connectivity index (χ2n) is 7.23. The Hall–Kier alpha value is -2.53. The second-order valence-corrected chi connectivity index (χ2v) is 7.67. The summed E-state index contributed by atoms with van der Waals surface area (Å²) in [6.07, 6.45) is 1.44. The van der Waals surface area contributed by atoms with Crippen molar-refractivity contribution in [3.8, 4) is 5.75 Å². The summed E-state index contributed by atoms with van der Waals surface area (Å²) in [5.41, 5.74) is 2.17. The fourth-order valence-corrected chi connectivity index (χ4v) is 3.32. The van der Waals surface area contributed by atoms with Gasteiger partial charge in [0.05, 0.1) is 6.61 Å². The lowest BCUT2D eigenvalue weighted by molar-refractivity contribution is -0.141. The molecule has 162 valence electrons. The van der Waals surface area contributed by atoms with Crippen molar-refractivity contribution in [3.05, 3.63) is 64.7 Å². The number of nitrogens with one attached hydrogen (secondary N) is 1. The van der Waals surface area contributed by atoms with Gasteiger partial charge in [0, 0.05) is 24.5 Å². The third-order valence-electron chi connectivity index (χ3n) is 4.83. The fourth-order valence-electron chi connectivity index (χ4n) is 3.19. The Bertz CT molecular complexity index is 806. The Morgan fingerprint density at radius 3 is 2.33 bits per heavy atom. The number of ether oxygens (including phenoxy) is 1. The van der Waals surface area contributed by atoms with Crippen molar-refractivity contribution >= 4 is 23.4 Å². The summed E-state index contributed by atoms with van der Waals surface area (Å²) in [4.78, 5) is 27.3. The number of halogens is 1. The summed E-state index contributed by atoms with van der Waals surface area (Å²) < 4.78 is 5.69. The zero-order valence-corrected chi connectivity index (χ0v) is 18.7. The van der Waals surface area contributed by atoms with Crippen LogP contribution in [0.2, 0.25) is 5.02 Å². The molecule has 2 aromatic rings. The Morgan fingerprint density at radius 2 is 1.73 bits per heavy atom. The van der Waals surface area contributed by atoms with Gasteiger partial charge in [-0.25, -0.2) is 0 Å². The van der Waals surface area contributed by atoms with Crippen molar-refractivity contribution in [3.63, 3.8) is 0 Å². The van der Waals surface area contributed by atoms with Crippen molar-refractivity contribution < 1.29 is 14.3 Å². The number of rotatable bonds is 11. The third-order valence-corrected chi connectivity index (χ3v) is 5.08. The van der Waals surface area contributed by atoms with E-state index < -0.39 is 6.04 Å². The number of likely N-dealkylation sites (N-methyl/N-ethyl adjacent to an activating group) is 1. The number of hydrogen-bond donors (Lipinski definition) is 1. The maximum atomic E-state index is 13.1. The van der Waals surface area contributed by atoms with E-state index in [-0.39, 0.29) is 11.8 Å². The molecular weight excluding hydrogens is 400 g/mol. The molecule has 5 nitrogen and oxygen atoms in total. The molecule has 0 radical (unpaired) electrons. The third kappa shape index (κ3) is 7.38. The summed E-state index contributed by atoms with van der Waals surface area (Å²) in [6, 6.07) is 14.7. The summed E-state index contributed by atoms with van der Waals surface area (Å²) in [5.74, 6) is 0.559. The summed E-state index contributed by atoms with van der Waals surface area (Å²) >= 11 is 5.88. The molecule has 0 fully saturated rings. The molecule has 0 saturated heterocycles. The van der Waals surface area contributed by atoms with Crippen LogP contribution in [0.1, 0.15) is 44.2 Å². The van der Waals surface area contributed by atoms with Crippen molar-refractivity contribution in [2.75, 3.05) is 13.2 Å². The number of benzene rings is 2. The standard InChI is InChI=1S/C24H31ClN2O3/c1-4-22(24(29)26-5-2)27(17-19-10-8-18(3)9-11-19)23(28)7-6-16-30-21-14-12-20(25)13-15-21/h8-15,22H,4-7,16-17H2,1-3H3,(H,26,29)/t22-/m1/s1. The minimum atomic E-state index is -0.490. The molecule has 0 bridgehead atoms. The average molecular weight is 431 g/mol. The molecule has 2 rings (SSSR count). The van der Waals surface area contributed by atoms with Gasteiger partial charge in [0.15, 0.2) is 0 Å². The molecule has 0 aliphatic rings. The number of amides is 2. The molecule has 30 heavy (non-hydrogen) atoms. The van der Waals surface area contributed by atoms with Crippen molar-refractivity contribution in [2.24, 2.45) is 0 Å². The van der Waals surface area contributed by atoms with Crippen molar-refractivity contribution in [2.45, 2.75) is 52.6 Å². The highest BCUT2D eigenvalue weighted by Gasteiger charge is 2.27. The fraction of sp³-hybridized carbons (Fsp3) is 0.417. The molecule has 0 spiro atoms. The van der Waals surface area contributed by atoms with Gasteiger partial charge in [-0.1, -0.05) is 48.4 Å². The predicted octanol–water partition coefficient (Wildman–Crippen LogP) is 4.75. The second kappa shape index (κ2) is 12.2. The summed E-state index contributed by atoms with van der Waals surface area (Å²) in [6.45, 7) is 7.20. The van der Waals surface area contributed by atoms with Crippen molar-refractivity contribution in [1.29, 1.82) is 0 Å². The number of carbonyl (C=O) groups excluding carboxylic acids is 2. The number of carbonyl (C=O) groups is 2. The number of aryl methyl sites for hydroxylation is 1. The quantitative estimate of drug-likeness (QED) is 0.523. The van der Waals surface area contributed by atoms with Crippen LogP contribution in [0.15, 0.2) is 48.5 Å². The lowest BCUT2D eigenvalue weighted by atomic mass is 10.1. The van der Waals surface area contributed by atoms with Crippen LogP contribution in [0.3, 0.4) is 0 Å². The molecule has 0 aromatic heterocycles. The molecule has 2 amide bonds. The van der Waals surface area contributed by atoms with E-state index in [1.54, 1.807) is 29.2 Å². The molecule has 0 heterocycles. The smallest absolute Gasteiger partial charge is 0.242 e. The Balaban J connectivity index is 2.01. The van der Waals surface area contributed by atoms with Gasteiger partial charge in [-0.2, -0.15) is 0 Å². The Kier molecular flexibility index (Phi) is 9.68. The maximum Gasteiger partial charge on any atom is 0.242 e. The molecule has 1 atom stereocenters. The summed E-state index contributed by atoms with van der Waals surface area (Å²) in [7, 11) is 0. The van der Waals surface area contributed by atoms with Crippen molar-refractivity contribution in [1.82, 2.24) is 10.2 Å². The predicted molar refractivity (Wildman–Crippen MR) is 121 cm³/mol. The van der Waals surface area contributed by atoms with E-state index in [9.17, 15) is 9.59 Å². The van der Waals surface area contributed by atoms with Gasteiger partial charge in [0.2, 0.25) is 11.8 Å². The largest absolute Gasteiger partial charge is 0.494 e. The van der Waals surface area contributed by atoms with Crippen LogP contribution in [-0.4, -0.2) is 35.9 Å². The first-order valence-corrected chi connectivity index (χ1v) is 10.8. The van der Waals surface area contributed by atoms with Crippen LogP contribution in [0.4, 0.5) is 0 Å². The topological polar surface area (TPSA) is 58.6 Å².